The highest BCUT2D eigenvalue weighted by Crippen LogP contribution is 2.33. The first-order valence-corrected chi connectivity index (χ1v) is 11.1. The van der Waals surface area contributed by atoms with Gasteiger partial charge < -0.3 is 14.5 Å². The van der Waals surface area contributed by atoms with Crippen LogP contribution in [0.2, 0.25) is 0 Å². The molecule has 0 aliphatic rings. The van der Waals surface area contributed by atoms with Crippen LogP contribution in [0.4, 0.5) is 5.69 Å². The summed E-state index contributed by atoms with van der Waals surface area (Å²) < 4.78 is 12.9. The lowest BCUT2D eigenvalue weighted by molar-refractivity contribution is -0.114. The minimum atomic E-state index is -0.486. The van der Waals surface area contributed by atoms with E-state index in [4.69, 9.17) is 9.15 Å². The second kappa shape index (κ2) is 9.27. The van der Waals surface area contributed by atoms with E-state index >= 15 is 0 Å². The van der Waals surface area contributed by atoms with Gasteiger partial charge in [-0.05, 0) is 38.1 Å². The van der Waals surface area contributed by atoms with Crippen molar-refractivity contribution in [2.24, 2.45) is 0 Å². The highest BCUT2D eigenvalue weighted by molar-refractivity contribution is 7.98. The molecule has 4 rings (SSSR count). The molecule has 0 unspecified atom stereocenters. The number of hydrogen-bond acceptors (Lipinski definition) is 7. The van der Waals surface area contributed by atoms with E-state index in [-0.39, 0.29) is 18.3 Å². The Morgan fingerprint density at radius 2 is 1.97 bits per heavy atom. The van der Waals surface area contributed by atoms with Gasteiger partial charge in [-0.1, -0.05) is 36.0 Å². The number of nitrogens with zero attached hydrogens (tertiary/aromatic N) is 3. The first-order valence-electron chi connectivity index (χ1n) is 10.1. The zero-order valence-corrected chi connectivity index (χ0v) is 18.7. The summed E-state index contributed by atoms with van der Waals surface area (Å²) in [4.78, 5) is 23.9. The molecule has 0 atom stereocenters. The summed E-state index contributed by atoms with van der Waals surface area (Å²) in [6.45, 7) is 5.35. The zero-order valence-electron chi connectivity index (χ0n) is 17.9. The molecule has 0 saturated heterocycles. The number of ether oxygens (including phenoxy) is 1. The lowest BCUT2D eigenvalue weighted by Gasteiger charge is -2.10. The van der Waals surface area contributed by atoms with Crippen LogP contribution in [0.3, 0.4) is 0 Å². The van der Waals surface area contributed by atoms with Crippen molar-refractivity contribution in [3.63, 3.8) is 0 Å². The molecule has 0 spiro atoms. The Bertz CT molecular complexity index is 1290. The number of aromatic nitrogens is 3. The summed E-state index contributed by atoms with van der Waals surface area (Å²) in [6, 6.07) is 15.0. The third kappa shape index (κ3) is 4.38. The van der Waals surface area contributed by atoms with Gasteiger partial charge in [0, 0.05) is 29.3 Å². The second-order valence-electron chi connectivity index (χ2n) is 7.01. The molecule has 0 fully saturated rings. The molecule has 0 radical (unpaired) electrons. The predicted molar refractivity (Wildman–Crippen MR) is 122 cm³/mol. The van der Waals surface area contributed by atoms with Crippen molar-refractivity contribution in [1.29, 1.82) is 0 Å². The van der Waals surface area contributed by atoms with E-state index in [2.05, 4.69) is 15.5 Å². The molecular formula is C23H22N4O4S. The number of amides is 1. The molecule has 2 heterocycles. The van der Waals surface area contributed by atoms with Crippen LogP contribution in [0.5, 0.6) is 0 Å². The van der Waals surface area contributed by atoms with E-state index in [0.29, 0.717) is 28.0 Å². The zero-order chi connectivity index (χ0) is 22.7. The van der Waals surface area contributed by atoms with Crippen LogP contribution < -0.4 is 5.32 Å². The maximum Gasteiger partial charge on any atom is 0.374 e. The van der Waals surface area contributed by atoms with Gasteiger partial charge in [0.05, 0.1) is 12.3 Å². The highest BCUT2D eigenvalue weighted by atomic mass is 32.2. The van der Waals surface area contributed by atoms with Crippen LogP contribution in [-0.2, 0) is 15.3 Å². The number of fused-ring (bicyclic) bond motifs is 1. The Balaban J connectivity index is 1.67. The number of hydrogen-bond donors (Lipinski definition) is 1. The second-order valence-corrected chi connectivity index (χ2v) is 7.95. The monoisotopic (exact) mass is 450 g/mol. The molecule has 0 saturated carbocycles. The third-order valence-corrected chi connectivity index (χ3v) is 5.68. The molecule has 2 aromatic carbocycles. The Labute approximate surface area is 189 Å². The molecule has 9 heteroatoms. The molecule has 8 nitrogen and oxygen atoms in total. The van der Waals surface area contributed by atoms with Gasteiger partial charge in [0.1, 0.15) is 11.4 Å². The number of rotatable bonds is 7. The predicted octanol–water partition coefficient (Wildman–Crippen LogP) is 4.75. The number of para-hydroxylation sites is 1. The fraction of sp³-hybridized carbons (Fsp3) is 0.217. The number of thioether (sulfide) groups is 1. The summed E-state index contributed by atoms with van der Waals surface area (Å²) in [5.41, 5.74) is 2.89. The van der Waals surface area contributed by atoms with E-state index in [1.807, 2.05) is 60.0 Å². The third-order valence-electron chi connectivity index (χ3n) is 4.72. The van der Waals surface area contributed by atoms with Gasteiger partial charge in [0.15, 0.2) is 5.16 Å². The lowest BCUT2D eigenvalue weighted by atomic mass is 10.1. The molecule has 1 N–H and O–H groups in total. The molecule has 1 amide bonds. The summed E-state index contributed by atoms with van der Waals surface area (Å²) in [6.07, 6.45) is 0. The average Bonchev–Trinajstić information content (AvgIpc) is 3.32. The fourth-order valence-corrected chi connectivity index (χ4v) is 4.43. The average molecular weight is 451 g/mol. The SMILES string of the molecule is CCOC(=O)c1oc2ccccc2c1CSc1nnc(C)n1-c1cccc(NC(C)=O)c1. The first kappa shape index (κ1) is 21.6. The van der Waals surface area contributed by atoms with E-state index in [1.54, 1.807) is 6.92 Å². The van der Waals surface area contributed by atoms with E-state index in [9.17, 15) is 9.59 Å². The topological polar surface area (TPSA) is 99.2 Å². The molecule has 0 aliphatic heterocycles. The number of esters is 1. The number of furan rings is 1. The summed E-state index contributed by atoms with van der Waals surface area (Å²) in [5.74, 6) is 0.718. The van der Waals surface area contributed by atoms with Crippen molar-refractivity contribution in [2.75, 3.05) is 11.9 Å². The van der Waals surface area contributed by atoms with Crippen LogP contribution in [0.1, 0.15) is 35.8 Å². The Morgan fingerprint density at radius 3 is 2.75 bits per heavy atom. The minimum Gasteiger partial charge on any atom is -0.460 e. The van der Waals surface area contributed by atoms with Gasteiger partial charge in [-0.2, -0.15) is 0 Å². The van der Waals surface area contributed by atoms with E-state index < -0.39 is 5.97 Å². The van der Waals surface area contributed by atoms with Gasteiger partial charge in [0.2, 0.25) is 11.7 Å². The number of aryl methyl sites for hydroxylation is 1. The smallest absolute Gasteiger partial charge is 0.374 e. The van der Waals surface area contributed by atoms with Crippen LogP contribution in [0, 0.1) is 6.92 Å². The highest BCUT2D eigenvalue weighted by Gasteiger charge is 2.23. The first-order chi connectivity index (χ1) is 15.5. The van der Waals surface area contributed by atoms with Crippen molar-refractivity contribution in [2.45, 2.75) is 31.7 Å². The van der Waals surface area contributed by atoms with Gasteiger partial charge in [-0.25, -0.2) is 4.79 Å². The number of nitrogens with one attached hydrogen (secondary N) is 1. The van der Waals surface area contributed by atoms with Crippen molar-refractivity contribution >= 4 is 40.3 Å². The minimum absolute atomic E-state index is 0.143. The van der Waals surface area contributed by atoms with E-state index in [0.717, 1.165) is 16.6 Å². The maximum atomic E-state index is 12.5. The molecule has 2 aromatic heterocycles. The van der Waals surface area contributed by atoms with E-state index in [1.165, 1.54) is 18.7 Å². The molecule has 32 heavy (non-hydrogen) atoms. The van der Waals surface area contributed by atoms with Gasteiger partial charge in [-0.15, -0.1) is 10.2 Å². The fourth-order valence-electron chi connectivity index (χ4n) is 3.40. The largest absolute Gasteiger partial charge is 0.460 e. The normalized spacial score (nSPS) is 11.0. The van der Waals surface area contributed by atoms with Crippen molar-refractivity contribution in [3.05, 3.63) is 65.7 Å². The van der Waals surface area contributed by atoms with Crippen LogP contribution in [0.25, 0.3) is 16.7 Å². The van der Waals surface area contributed by atoms with Gasteiger partial charge in [-0.3, -0.25) is 9.36 Å². The van der Waals surface area contributed by atoms with Crippen molar-refractivity contribution in [3.8, 4) is 5.69 Å². The molecule has 0 bridgehead atoms. The number of carbonyl (C=O) groups excluding carboxylic acids is 2. The standard InChI is InChI=1S/C23H22N4O4S/c1-4-30-22(29)21-19(18-10-5-6-11-20(18)31-21)13-32-23-26-25-14(2)27(23)17-9-7-8-16(12-17)24-15(3)28/h5-12H,4,13H2,1-3H3,(H,24,28). The van der Waals surface area contributed by atoms with Gasteiger partial charge in [0.25, 0.3) is 0 Å². The van der Waals surface area contributed by atoms with Crippen LogP contribution in [-0.4, -0.2) is 33.2 Å². The number of anilines is 1. The number of benzene rings is 2. The lowest BCUT2D eigenvalue weighted by Crippen LogP contribution is -2.07. The molecule has 164 valence electrons. The van der Waals surface area contributed by atoms with Crippen molar-refractivity contribution < 1.29 is 18.7 Å². The van der Waals surface area contributed by atoms with Gasteiger partial charge >= 0.3 is 5.97 Å². The Morgan fingerprint density at radius 1 is 1.16 bits per heavy atom. The number of carbonyl (C=O) groups is 2. The van der Waals surface area contributed by atoms with Crippen molar-refractivity contribution in [1.82, 2.24) is 14.8 Å². The summed E-state index contributed by atoms with van der Waals surface area (Å²) in [5, 5.41) is 12.8. The molecule has 0 aliphatic carbocycles. The quantitative estimate of drug-likeness (QED) is 0.320. The molecule has 4 aromatic rings. The summed E-state index contributed by atoms with van der Waals surface area (Å²) in [7, 11) is 0. The Hall–Kier alpha value is -3.59. The summed E-state index contributed by atoms with van der Waals surface area (Å²) >= 11 is 1.44. The van der Waals surface area contributed by atoms with Crippen LogP contribution >= 0.6 is 11.8 Å². The van der Waals surface area contributed by atoms with Crippen LogP contribution in [0.15, 0.2) is 58.1 Å². The molecular weight excluding hydrogens is 428 g/mol. The maximum absolute atomic E-state index is 12.5. The Kier molecular flexibility index (Phi) is 6.27.